The van der Waals surface area contributed by atoms with Crippen molar-refractivity contribution < 1.29 is 19.0 Å². The Morgan fingerprint density at radius 3 is 2.52 bits per heavy atom. The normalized spacial score (nSPS) is 14.9. The average molecular weight is 428 g/mol. The summed E-state index contributed by atoms with van der Waals surface area (Å²) >= 11 is 3.48. The molecule has 2 aromatic carbocycles. The molecular weight excluding hydrogens is 410 g/mol. The number of carbonyl (C=O) groups is 1. The molecule has 1 aliphatic heterocycles. The summed E-state index contributed by atoms with van der Waals surface area (Å²) < 4.78 is 19.6. The summed E-state index contributed by atoms with van der Waals surface area (Å²) in [5, 5.41) is 0.864. The highest BCUT2D eigenvalue weighted by molar-refractivity contribution is 9.10. The van der Waals surface area contributed by atoms with Gasteiger partial charge in [0.15, 0.2) is 0 Å². The molecule has 0 saturated carbocycles. The third-order valence-corrected chi connectivity index (χ3v) is 5.18. The minimum Gasteiger partial charge on any atom is -0.496 e. The molecule has 6 heteroatoms. The predicted molar refractivity (Wildman–Crippen MR) is 108 cm³/mol. The van der Waals surface area contributed by atoms with E-state index in [0.29, 0.717) is 23.6 Å². The molecule has 0 radical (unpaired) electrons. The van der Waals surface area contributed by atoms with E-state index >= 15 is 0 Å². The molecule has 0 amide bonds. The highest BCUT2D eigenvalue weighted by Crippen LogP contribution is 2.43. The van der Waals surface area contributed by atoms with Crippen LogP contribution in [0.5, 0.6) is 11.5 Å². The summed E-state index contributed by atoms with van der Waals surface area (Å²) in [6, 6.07) is 9.80. The molecular formula is C21H18BrNO4. The van der Waals surface area contributed by atoms with Crippen LogP contribution in [0.2, 0.25) is 0 Å². The molecule has 0 aliphatic carbocycles. The molecule has 1 aromatic heterocycles. The third kappa shape index (κ3) is 3.00. The number of esters is 1. The van der Waals surface area contributed by atoms with E-state index in [0.717, 1.165) is 26.5 Å². The van der Waals surface area contributed by atoms with E-state index in [-0.39, 0.29) is 6.61 Å². The second-order valence-corrected chi connectivity index (χ2v) is 7.07. The standard InChI is InChI=1S/C21H18BrNO4/c1-25-16-11-17(26-2)19-20-18(16)15(13-5-7-14(22)8-6-13)12-23(20)9-3-4-10-27-21(19)24/h3-8,11-12H,9-10H2,1-2H3/b4-3-. The maximum Gasteiger partial charge on any atom is 0.344 e. The van der Waals surface area contributed by atoms with Crippen LogP contribution < -0.4 is 9.47 Å². The zero-order valence-electron chi connectivity index (χ0n) is 15.0. The largest absolute Gasteiger partial charge is 0.496 e. The number of nitrogens with zero attached hydrogens (tertiary/aromatic N) is 1. The number of aromatic nitrogens is 1. The van der Waals surface area contributed by atoms with Crippen molar-refractivity contribution in [3.63, 3.8) is 0 Å². The number of halogens is 1. The third-order valence-electron chi connectivity index (χ3n) is 4.65. The van der Waals surface area contributed by atoms with E-state index in [1.165, 1.54) is 7.11 Å². The minimum absolute atomic E-state index is 0.236. The van der Waals surface area contributed by atoms with Crippen molar-refractivity contribution in [2.24, 2.45) is 0 Å². The van der Waals surface area contributed by atoms with Crippen LogP contribution in [-0.4, -0.2) is 31.4 Å². The lowest BCUT2D eigenvalue weighted by Gasteiger charge is -2.14. The molecule has 3 aromatic rings. The molecule has 1 aliphatic rings. The molecule has 0 N–H and O–H groups in total. The second-order valence-electron chi connectivity index (χ2n) is 6.15. The zero-order chi connectivity index (χ0) is 19.0. The van der Waals surface area contributed by atoms with Crippen molar-refractivity contribution in [3.8, 4) is 22.6 Å². The molecule has 0 bridgehead atoms. The lowest BCUT2D eigenvalue weighted by Crippen LogP contribution is -2.09. The number of carbonyl (C=O) groups excluding carboxylic acids is 1. The highest BCUT2D eigenvalue weighted by atomic mass is 79.9. The zero-order valence-corrected chi connectivity index (χ0v) is 16.6. The summed E-state index contributed by atoms with van der Waals surface area (Å²) in [4.78, 5) is 12.8. The number of methoxy groups -OCH3 is 2. The Kier molecular flexibility index (Phi) is 4.66. The summed E-state index contributed by atoms with van der Waals surface area (Å²) in [6.45, 7) is 0.854. The van der Waals surface area contributed by atoms with Gasteiger partial charge in [0.2, 0.25) is 0 Å². The first-order valence-corrected chi connectivity index (χ1v) is 9.29. The van der Waals surface area contributed by atoms with Gasteiger partial charge in [-0.05, 0) is 23.8 Å². The maximum absolute atomic E-state index is 12.8. The number of allylic oxidation sites excluding steroid dienone is 1. The van der Waals surface area contributed by atoms with Crippen LogP contribution in [0, 0.1) is 0 Å². The molecule has 0 fully saturated rings. The van der Waals surface area contributed by atoms with Crippen LogP contribution in [-0.2, 0) is 11.3 Å². The van der Waals surface area contributed by atoms with Gasteiger partial charge >= 0.3 is 5.97 Å². The topological polar surface area (TPSA) is 49.7 Å². The smallest absolute Gasteiger partial charge is 0.344 e. The molecule has 0 saturated heterocycles. The Morgan fingerprint density at radius 2 is 1.81 bits per heavy atom. The molecule has 2 heterocycles. The van der Waals surface area contributed by atoms with E-state index in [1.54, 1.807) is 13.2 Å². The number of ether oxygens (including phenoxy) is 3. The molecule has 5 nitrogen and oxygen atoms in total. The average Bonchev–Trinajstić information content (AvgIpc) is 3.08. The van der Waals surface area contributed by atoms with Gasteiger partial charge in [0.1, 0.15) is 23.7 Å². The molecule has 138 valence electrons. The van der Waals surface area contributed by atoms with Gasteiger partial charge in [-0.25, -0.2) is 4.79 Å². The first-order chi connectivity index (χ1) is 13.1. The van der Waals surface area contributed by atoms with Crippen molar-refractivity contribution in [1.82, 2.24) is 4.57 Å². The van der Waals surface area contributed by atoms with Gasteiger partial charge in [-0.2, -0.15) is 0 Å². The number of hydrogen-bond acceptors (Lipinski definition) is 4. The van der Waals surface area contributed by atoms with Crippen molar-refractivity contribution >= 4 is 32.8 Å². The van der Waals surface area contributed by atoms with Crippen LogP contribution in [0.3, 0.4) is 0 Å². The fourth-order valence-electron chi connectivity index (χ4n) is 3.42. The van der Waals surface area contributed by atoms with E-state index < -0.39 is 5.97 Å². The second kappa shape index (κ2) is 7.12. The van der Waals surface area contributed by atoms with Crippen molar-refractivity contribution in [2.75, 3.05) is 20.8 Å². The highest BCUT2D eigenvalue weighted by Gasteiger charge is 2.27. The van der Waals surface area contributed by atoms with Crippen LogP contribution in [0.25, 0.3) is 22.0 Å². The monoisotopic (exact) mass is 427 g/mol. The quantitative estimate of drug-likeness (QED) is 0.444. The fourth-order valence-corrected chi connectivity index (χ4v) is 3.68. The number of hydrogen-bond donors (Lipinski definition) is 0. The lowest BCUT2D eigenvalue weighted by molar-refractivity contribution is 0.0548. The summed E-state index contributed by atoms with van der Waals surface area (Å²) in [5.41, 5.74) is 3.19. The first kappa shape index (κ1) is 17.7. The fraction of sp³-hybridized carbons (Fsp3) is 0.190. The first-order valence-electron chi connectivity index (χ1n) is 8.50. The summed E-state index contributed by atoms with van der Waals surface area (Å²) in [7, 11) is 3.16. The van der Waals surface area contributed by atoms with Crippen molar-refractivity contribution in [2.45, 2.75) is 6.54 Å². The van der Waals surface area contributed by atoms with Gasteiger partial charge in [0, 0.05) is 28.8 Å². The Bertz CT molecular complexity index is 1050. The number of rotatable bonds is 3. The van der Waals surface area contributed by atoms with E-state index in [2.05, 4.69) is 15.9 Å². The van der Waals surface area contributed by atoms with E-state index in [1.807, 2.05) is 47.2 Å². The molecule has 27 heavy (non-hydrogen) atoms. The van der Waals surface area contributed by atoms with Gasteiger partial charge in [0.05, 0.1) is 25.1 Å². The van der Waals surface area contributed by atoms with E-state index in [9.17, 15) is 4.79 Å². The van der Waals surface area contributed by atoms with Crippen LogP contribution in [0.1, 0.15) is 10.4 Å². The van der Waals surface area contributed by atoms with Crippen molar-refractivity contribution in [1.29, 1.82) is 0 Å². The van der Waals surface area contributed by atoms with Gasteiger partial charge in [-0.3, -0.25) is 0 Å². The minimum atomic E-state index is -0.409. The van der Waals surface area contributed by atoms with Crippen LogP contribution in [0.4, 0.5) is 0 Å². The Labute approximate surface area is 165 Å². The summed E-state index contributed by atoms with van der Waals surface area (Å²) in [5.74, 6) is 0.680. The van der Waals surface area contributed by atoms with Crippen LogP contribution >= 0.6 is 15.9 Å². The molecule has 0 spiro atoms. The van der Waals surface area contributed by atoms with Crippen molar-refractivity contribution in [3.05, 3.63) is 58.7 Å². The number of cyclic esters (lactones) is 1. The van der Waals surface area contributed by atoms with Crippen LogP contribution in [0.15, 0.2) is 53.2 Å². The SMILES string of the molecule is COc1cc(OC)c2c(-c3ccc(Br)cc3)cn3c2c1C(=O)OC/C=C\C3. The van der Waals surface area contributed by atoms with Gasteiger partial charge < -0.3 is 18.8 Å². The Balaban J connectivity index is 2.12. The Morgan fingerprint density at radius 1 is 1.07 bits per heavy atom. The molecule has 4 rings (SSSR count). The van der Waals surface area contributed by atoms with Gasteiger partial charge in [-0.1, -0.05) is 34.1 Å². The lowest BCUT2D eigenvalue weighted by atomic mass is 10.0. The summed E-state index contributed by atoms with van der Waals surface area (Å²) in [6.07, 6.45) is 5.88. The van der Waals surface area contributed by atoms with Gasteiger partial charge in [-0.15, -0.1) is 0 Å². The molecule has 0 unspecified atom stereocenters. The maximum atomic E-state index is 12.8. The molecule has 0 atom stereocenters. The predicted octanol–water partition coefficient (Wildman–Crippen LogP) is 4.81. The Hall–Kier alpha value is -2.73. The van der Waals surface area contributed by atoms with E-state index in [4.69, 9.17) is 14.2 Å². The van der Waals surface area contributed by atoms with Gasteiger partial charge in [0.25, 0.3) is 0 Å². The number of benzene rings is 2.